The second kappa shape index (κ2) is 4.43. The summed E-state index contributed by atoms with van der Waals surface area (Å²) in [7, 11) is 0. The predicted molar refractivity (Wildman–Crippen MR) is 59.5 cm³/mol. The monoisotopic (exact) mass is 211 g/mol. The third-order valence-corrected chi connectivity index (χ3v) is 3.80. The number of nitrogens with one attached hydrogen (secondary N) is 1. The van der Waals surface area contributed by atoms with E-state index >= 15 is 0 Å². The maximum atomic E-state index is 9.63. The Kier molecular flexibility index (Phi) is 3.21. The van der Waals surface area contributed by atoms with Crippen LogP contribution in [0.15, 0.2) is 11.4 Å². The van der Waals surface area contributed by atoms with Gasteiger partial charge < -0.3 is 10.4 Å². The molecule has 0 aliphatic heterocycles. The highest BCUT2D eigenvalue weighted by atomic mass is 32.1. The first-order chi connectivity index (χ1) is 6.77. The molecule has 2 nitrogen and oxygen atoms in total. The molecule has 0 amide bonds. The van der Waals surface area contributed by atoms with E-state index in [2.05, 4.69) is 23.7 Å². The zero-order valence-electron chi connectivity index (χ0n) is 8.49. The van der Waals surface area contributed by atoms with E-state index in [1.165, 1.54) is 23.3 Å². The lowest BCUT2D eigenvalue weighted by Gasteiger charge is -2.09. The molecule has 0 bridgehead atoms. The van der Waals surface area contributed by atoms with E-state index in [9.17, 15) is 5.11 Å². The Bertz CT molecular complexity index is 293. The average Bonchev–Trinajstić information content (AvgIpc) is 2.93. The van der Waals surface area contributed by atoms with Gasteiger partial charge in [-0.15, -0.1) is 11.3 Å². The van der Waals surface area contributed by atoms with Crippen LogP contribution in [0.5, 0.6) is 0 Å². The normalized spacial score (nSPS) is 18.4. The predicted octanol–water partition coefficient (Wildman–Crippen LogP) is 1.92. The lowest BCUT2D eigenvalue weighted by molar-refractivity contribution is 0.148. The number of hydrogen-bond acceptors (Lipinski definition) is 3. The van der Waals surface area contributed by atoms with Gasteiger partial charge in [0.1, 0.15) is 0 Å². The Morgan fingerprint density at radius 2 is 2.43 bits per heavy atom. The van der Waals surface area contributed by atoms with Crippen LogP contribution in [0.3, 0.4) is 0 Å². The van der Waals surface area contributed by atoms with Gasteiger partial charge in [0.05, 0.1) is 6.10 Å². The summed E-state index contributed by atoms with van der Waals surface area (Å²) in [5.74, 6) is 0.576. The van der Waals surface area contributed by atoms with Gasteiger partial charge in [0.2, 0.25) is 0 Å². The van der Waals surface area contributed by atoms with E-state index in [0.29, 0.717) is 5.92 Å². The lowest BCUT2D eigenvalue weighted by Crippen LogP contribution is -2.27. The summed E-state index contributed by atoms with van der Waals surface area (Å²) in [5, 5.41) is 15.1. The molecule has 0 radical (unpaired) electrons. The van der Waals surface area contributed by atoms with Crippen LogP contribution in [-0.2, 0) is 6.54 Å². The number of aryl methyl sites for hydroxylation is 1. The van der Waals surface area contributed by atoms with E-state index in [1.54, 1.807) is 11.3 Å². The first kappa shape index (κ1) is 10.1. The Labute approximate surface area is 89.0 Å². The highest BCUT2D eigenvalue weighted by Crippen LogP contribution is 2.32. The SMILES string of the molecule is Cc1ccsc1CNCC(O)C1CC1. The summed E-state index contributed by atoms with van der Waals surface area (Å²) >= 11 is 1.78. The van der Waals surface area contributed by atoms with Crippen LogP contribution in [0.2, 0.25) is 0 Å². The first-order valence-corrected chi connectivity index (χ1v) is 6.07. The van der Waals surface area contributed by atoms with Crippen molar-refractivity contribution in [2.75, 3.05) is 6.54 Å². The summed E-state index contributed by atoms with van der Waals surface area (Å²) in [6.07, 6.45) is 2.29. The fourth-order valence-corrected chi connectivity index (χ4v) is 2.44. The number of aliphatic hydroxyl groups is 1. The highest BCUT2D eigenvalue weighted by molar-refractivity contribution is 7.10. The summed E-state index contributed by atoms with van der Waals surface area (Å²) < 4.78 is 0. The van der Waals surface area contributed by atoms with Crippen LogP contribution >= 0.6 is 11.3 Å². The molecule has 1 heterocycles. The fourth-order valence-electron chi connectivity index (χ4n) is 1.57. The van der Waals surface area contributed by atoms with Gasteiger partial charge in [-0.25, -0.2) is 0 Å². The molecular formula is C11H17NOS. The Hall–Kier alpha value is -0.380. The fraction of sp³-hybridized carbons (Fsp3) is 0.636. The van der Waals surface area contributed by atoms with Crippen LogP contribution < -0.4 is 5.32 Å². The standard InChI is InChI=1S/C11H17NOS/c1-8-4-5-14-11(8)7-12-6-10(13)9-2-3-9/h4-5,9-10,12-13H,2-3,6-7H2,1H3. The van der Waals surface area contributed by atoms with E-state index in [-0.39, 0.29) is 6.10 Å². The Morgan fingerprint density at radius 1 is 1.64 bits per heavy atom. The van der Waals surface area contributed by atoms with Crippen molar-refractivity contribution in [3.63, 3.8) is 0 Å². The number of thiophene rings is 1. The van der Waals surface area contributed by atoms with Crippen molar-refractivity contribution in [2.45, 2.75) is 32.4 Å². The molecule has 1 unspecified atom stereocenters. The molecular weight excluding hydrogens is 194 g/mol. The quantitative estimate of drug-likeness (QED) is 0.780. The summed E-state index contributed by atoms with van der Waals surface area (Å²) in [4.78, 5) is 1.38. The second-order valence-electron chi connectivity index (χ2n) is 4.06. The zero-order chi connectivity index (χ0) is 9.97. The molecule has 1 aromatic heterocycles. The number of rotatable bonds is 5. The molecule has 2 rings (SSSR count). The largest absolute Gasteiger partial charge is 0.392 e. The molecule has 1 aliphatic carbocycles. The molecule has 14 heavy (non-hydrogen) atoms. The minimum absolute atomic E-state index is 0.129. The van der Waals surface area contributed by atoms with Crippen LogP contribution in [0.4, 0.5) is 0 Å². The molecule has 3 heteroatoms. The molecule has 1 aliphatic rings. The van der Waals surface area contributed by atoms with Crippen molar-refractivity contribution in [1.29, 1.82) is 0 Å². The van der Waals surface area contributed by atoms with E-state index in [4.69, 9.17) is 0 Å². The number of aliphatic hydroxyl groups excluding tert-OH is 1. The minimum atomic E-state index is -0.129. The Morgan fingerprint density at radius 3 is 3.00 bits per heavy atom. The topological polar surface area (TPSA) is 32.3 Å². The van der Waals surface area contributed by atoms with E-state index in [0.717, 1.165) is 13.1 Å². The summed E-state index contributed by atoms with van der Waals surface area (Å²) in [5.41, 5.74) is 1.35. The smallest absolute Gasteiger partial charge is 0.0692 e. The summed E-state index contributed by atoms with van der Waals surface area (Å²) in [6.45, 7) is 3.76. The molecule has 0 saturated heterocycles. The van der Waals surface area contributed by atoms with Gasteiger partial charge in [-0.05, 0) is 42.7 Å². The third kappa shape index (κ3) is 2.56. The van der Waals surface area contributed by atoms with Gasteiger partial charge in [0.25, 0.3) is 0 Å². The zero-order valence-corrected chi connectivity index (χ0v) is 9.31. The molecule has 1 saturated carbocycles. The van der Waals surface area contributed by atoms with Crippen molar-refractivity contribution in [3.05, 3.63) is 21.9 Å². The molecule has 78 valence electrons. The van der Waals surface area contributed by atoms with Gasteiger partial charge >= 0.3 is 0 Å². The summed E-state index contributed by atoms with van der Waals surface area (Å²) in [6, 6.07) is 2.14. The van der Waals surface area contributed by atoms with Crippen molar-refractivity contribution in [2.24, 2.45) is 5.92 Å². The lowest BCUT2D eigenvalue weighted by atomic mass is 10.2. The molecule has 0 spiro atoms. The maximum Gasteiger partial charge on any atom is 0.0692 e. The second-order valence-corrected chi connectivity index (χ2v) is 5.06. The van der Waals surface area contributed by atoms with Crippen molar-refractivity contribution >= 4 is 11.3 Å². The minimum Gasteiger partial charge on any atom is -0.392 e. The maximum absolute atomic E-state index is 9.63. The Balaban J connectivity index is 1.69. The molecule has 1 fully saturated rings. The van der Waals surface area contributed by atoms with Crippen molar-refractivity contribution < 1.29 is 5.11 Å². The van der Waals surface area contributed by atoms with Crippen LogP contribution in [0, 0.1) is 12.8 Å². The van der Waals surface area contributed by atoms with Crippen molar-refractivity contribution in [1.82, 2.24) is 5.32 Å². The van der Waals surface area contributed by atoms with Gasteiger partial charge in [-0.3, -0.25) is 0 Å². The van der Waals surface area contributed by atoms with E-state index < -0.39 is 0 Å². The van der Waals surface area contributed by atoms with Crippen LogP contribution in [-0.4, -0.2) is 17.8 Å². The first-order valence-electron chi connectivity index (χ1n) is 5.19. The van der Waals surface area contributed by atoms with Crippen molar-refractivity contribution in [3.8, 4) is 0 Å². The average molecular weight is 211 g/mol. The van der Waals surface area contributed by atoms with Gasteiger partial charge in [-0.1, -0.05) is 0 Å². The van der Waals surface area contributed by atoms with Gasteiger partial charge in [-0.2, -0.15) is 0 Å². The van der Waals surface area contributed by atoms with Gasteiger partial charge in [0.15, 0.2) is 0 Å². The van der Waals surface area contributed by atoms with Gasteiger partial charge in [0, 0.05) is 18.0 Å². The van der Waals surface area contributed by atoms with Crippen LogP contribution in [0.1, 0.15) is 23.3 Å². The van der Waals surface area contributed by atoms with Crippen LogP contribution in [0.25, 0.3) is 0 Å². The molecule has 0 aromatic carbocycles. The number of hydrogen-bond donors (Lipinski definition) is 2. The third-order valence-electron chi connectivity index (χ3n) is 2.77. The molecule has 2 N–H and O–H groups in total. The highest BCUT2D eigenvalue weighted by Gasteiger charge is 2.29. The molecule has 1 atom stereocenters. The molecule has 1 aromatic rings. The van der Waals surface area contributed by atoms with E-state index in [1.807, 2.05) is 0 Å².